The molecule has 0 amide bonds. The number of nitrogens with zero attached hydrogens (tertiary/aromatic N) is 3. The summed E-state index contributed by atoms with van der Waals surface area (Å²) in [5, 5.41) is 8.39. The molecule has 9 heteroatoms. The third-order valence-electron chi connectivity index (χ3n) is 3.70. The van der Waals surface area contributed by atoms with E-state index in [2.05, 4.69) is 20.9 Å². The van der Waals surface area contributed by atoms with Crippen LogP contribution in [0.5, 0.6) is 0 Å². The first-order valence-corrected chi connectivity index (χ1v) is 8.99. The van der Waals surface area contributed by atoms with E-state index in [1.807, 2.05) is 37.3 Å². The van der Waals surface area contributed by atoms with Crippen LogP contribution in [0, 0.1) is 0 Å². The zero-order valence-corrected chi connectivity index (χ0v) is 17.7. The molecule has 0 saturated carbocycles. The lowest BCUT2D eigenvalue weighted by Crippen LogP contribution is -2.38. The van der Waals surface area contributed by atoms with Crippen LogP contribution in [0.15, 0.2) is 52.5 Å². The molecule has 0 radical (unpaired) electrons. The summed E-state index contributed by atoms with van der Waals surface area (Å²) >= 11 is 0. The van der Waals surface area contributed by atoms with Crippen molar-refractivity contribution in [2.24, 2.45) is 17.2 Å². The number of primary sulfonamides is 1. The minimum Gasteiger partial charge on any atom is -0.353 e. The van der Waals surface area contributed by atoms with Crippen LogP contribution in [-0.2, 0) is 30.2 Å². The fraction of sp³-hybridized carbons (Fsp3) is 0.312. The van der Waals surface area contributed by atoms with E-state index in [0.717, 1.165) is 17.2 Å². The molecule has 0 saturated heterocycles. The number of aryl methyl sites for hydroxylation is 1. The first-order chi connectivity index (χ1) is 11.3. The summed E-state index contributed by atoms with van der Waals surface area (Å²) in [6.07, 6.45) is 2.00. The van der Waals surface area contributed by atoms with Crippen molar-refractivity contribution in [1.82, 2.24) is 14.8 Å². The van der Waals surface area contributed by atoms with E-state index in [9.17, 15) is 8.42 Å². The molecule has 25 heavy (non-hydrogen) atoms. The van der Waals surface area contributed by atoms with Gasteiger partial charge in [-0.25, -0.2) is 13.6 Å². The number of sulfonamides is 1. The average molecular weight is 477 g/mol. The van der Waals surface area contributed by atoms with Crippen molar-refractivity contribution in [3.05, 3.63) is 53.9 Å². The van der Waals surface area contributed by atoms with Crippen LogP contribution < -0.4 is 10.5 Å². The molecular formula is C16H24IN5O2S. The molecule has 0 unspecified atom stereocenters. The number of aliphatic imine (C=N–C) groups is 1. The number of guanidine groups is 1. The van der Waals surface area contributed by atoms with Crippen molar-refractivity contribution in [3.63, 3.8) is 0 Å². The largest absolute Gasteiger partial charge is 0.353 e. The summed E-state index contributed by atoms with van der Waals surface area (Å²) in [4.78, 5) is 6.37. The van der Waals surface area contributed by atoms with Crippen molar-refractivity contribution < 1.29 is 8.42 Å². The number of benzene rings is 1. The van der Waals surface area contributed by atoms with E-state index in [4.69, 9.17) is 5.14 Å². The second-order valence-corrected chi connectivity index (χ2v) is 7.12. The average Bonchev–Trinajstić information content (AvgIpc) is 2.92. The van der Waals surface area contributed by atoms with Crippen LogP contribution in [0.1, 0.15) is 11.3 Å². The van der Waals surface area contributed by atoms with Crippen LogP contribution in [0.25, 0.3) is 0 Å². The molecule has 0 aliphatic rings. The molecule has 0 aliphatic carbocycles. The molecule has 0 atom stereocenters. The second-order valence-electron chi connectivity index (χ2n) is 5.56. The third kappa shape index (κ3) is 6.01. The van der Waals surface area contributed by atoms with Gasteiger partial charge in [0.2, 0.25) is 10.0 Å². The molecule has 0 aliphatic heterocycles. The van der Waals surface area contributed by atoms with Gasteiger partial charge in [-0.2, -0.15) is 0 Å². The van der Waals surface area contributed by atoms with E-state index in [1.165, 1.54) is 6.07 Å². The topological polar surface area (TPSA) is 92.7 Å². The smallest absolute Gasteiger partial charge is 0.238 e. The van der Waals surface area contributed by atoms with Crippen LogP contribution in [0.2, 0.25) is 0 Å². The maximum absolute atomic E-state index is 11.4. The van der Waals surface area contributed by atoms with Gasteiger partial charge in [0.15, 0.2) is 5.96 Å². The lowest BCUT2D eigenvalue weighted by molar-refractivity contribution is 0.461. The Morgan fingerprint density at radius 1 is 1.32 bits per heavy atom. The van der Waals surface area contributed by atoms with E-state index in [1.54, 1.807) is 19.2 Å². The maximum atomic E-state index is 11.4. The zero-order chi connectivity index (χ0) is 17.7. The highest BCUT2D eigenvalue weighted by Gasteiger charge is 2.10. The monoisotopic (exact) mass is 477 g/mol. The van der Waals surface area contributed by atoms with Crippen LogP contribution in [0.3, 0.4) is 0 Å². The highest BCUT2D eigenvalue weighted by atomic mass is 127. The van der Waals surface area contributed by atoms with Gasteiger partial charge in [-0.1, -0.05) is 12.1 Å². The second kappa shape index (κ2) is 9.20. The Morgan fingerprint density at radius 3 is 2.60 bits per heavy atom. The molecule has 1 aromatic carbocycles. The Bertz CT molecular complexity index is 833. The third-order valence-corrected chi connectivity index (χ3v) is 4.61. The quantitative estimate of drug-likeness (QED) is 0.388. The van der Waals surface area contributed by atoms with Gasteiger partial charge in [-0.15, -0.1) is 24.0 Å². The summed E-state index contributed by atoms with van der Waals surface area (Å²) in [7, 11) is 1.96. The Morgan fingerprint density at radius 2 is 2.04 bits per heavy atom. The van der Waals surface area contributed by atoms with Crippen LogP contribution in [0.4, 0.5) is 0 Å². The Hall–Kier alpha value is -1.59. The van der Waals surface area contributed by atoms with E-state index in [-0.39, 0.29) is 28.9 Å². The Kier molecular flexibility index (Phi) is 7.90. The Labute approximate surface area is 166 Å². The summed E-state index contributed by atoms with van der Waals surface area (Å²) in [6.45, 7) is 1.16. The van der Waals surface area contributed by atoms with Crippen molar-refractivity contribution in [2.45, 2.75) is 18.0 Å². The summed E-state index contributed by atoms with van der Waals surface area (Å²) < 4.78 is 24.9. The SMILES string of the molecule is CN=C(NCc1cccc(S(N)(=O)=O)c1)N(C)Cc1cccn1C.I. The lowest BCUT2D eigenvalue weighted by Gasteiger charge is -2.22. The highest BCUT2D eigenvalue weighted by Crippen LogP contribution is 2.10. The van der Waals surface area contributed by atoms with E-state index >= 15 is 0 Å². The van der Waals surface area contributed by atoms with Gasteiger partial charge in [0.25, 0.3) is 0 Å². The maximum Gasteiger partial charge on any atom is 0.238 e. The van der Waals surface area contributed by atoms with Gasteiger partial charge in [-0.3, -0.25) is 4.99 Å². The molecule has 2 rings (SSSR count). The van der Waals surface area contributed by atoms with Crippen molar-refractivity contribution in [1.29, 1.82) is 0 Å². The van der Waals surface area contributed by atoms with Crippen LogP contribution >= 0.6 is 24.0 Å². The number of nitrogens with one attached hydrogen (secondary N) is 1. The fourth-order valence-electron chi connectivity index (χ4n) is 2.38. The molecule has 1 aromatic heterocycles. The van der Waals surface area contributed by atoms with Crippen LogP contribution in [-0.4, -0.2) is 37.9 Å². The fourth-order valence-corrected chi connectivity index (χ4v) is 2.96. The minimum absolute atomic E-state index is 0. The number of aromatic nitrogens is 1. The van der Waals surface area contributed by atoms with Gasteiger partial charge in [-0.05, 0) is 29.8 Å². The number of rotatable bonds is 5. The normalized spacial score (nSPS) is 11.8. The number of hydrogen-bond acceptors (Lipinski definition) is 3. The van der Waals surface area contributed by atoms with Gasteiger partial charge in [0, 0.05) is 39.6 Å². The van der Waals surface area contributed by atoms with Gasteiger partial charge in [0.1, 0.15) is 0 Å². The predicted molar refractivity (Wildman–Crippen MR) is 110 cm³/mol. The number of nitrogens with two attached hydrogens (primary N) is 1. The molecule has 0 spiro atoms. The van der Waals surface area contributed by atoms with Crippen molar-refractivity contribution in [3.8, 4) is 0 Å². The molecule has 1 heterocycles. The van der Waals surface area contributed by atoms with Gasteiger partial charge in [0.05, 0.1) is 11.4 Å². The van der Waals surface area contributed by atoms with Gasteiger partial charge < -0.3 is 14.8 Å². The molecule has 138 valence electrons. The first-order valence-electron chi connectivity index (χ1n) is 7.45. The number of halogens is 1. The summed E-state index contributed by atoms with van der Waals surface area (Å²) in [6, 6.07) is 10.6. The zero-order valence-electron chi connectivity index (χ0n) is 14.5. The number of hydrogen-bond donors (Lipinski definition) is 2. The first kappa shape index (κ1) is 21.5. The highest BCUT2D eigenvalue weighted by molar-refractivity contribution is 14.0. The lowest BCUT2D eigenvalue weighted by atomic mass is 10.2. The van der Waals surface area contributed by atoms with Gasteiger partial charge >= 0.3 is 0 Å². The Balaban J connectivity index is 0.00000312. The molecular weight excluding hydrogens is 453 g/mol. The predicted octanol–water partition coefficient (Wildman–Crippen LogP) is 1.50. The van der Waals surface area contributed by atoms with E-state index < -0.39 is 10.0 Å². The molecule has 0 fully saturated rings. The van der Waals surface area contributed by atoms with Crippen molar-refractivity contribution in [2.75, 3.05) is 14.1 Å². The molecule has 0 bridgehead atoms. The molecule has 2 aromatic rings. The van der Waals surface area contributed by atoms with Crippen molar-refractivity contribution >= 4 is 40.0 Å². The molecule has 3 N–H and O–H groups in total. The molecule has 7 nitrogen and oxygen atoms in total. The standard InChI is InChI=1S/C16H23N5O2S.HI/c1-18-16(21(3)12-14-7-5-9-20(14)2)19-11-13-6-4-8-15(10-13)24(17,22)23;/h4-10H,11-12H2,1-3H3,(H,18,19)(H2,17,22,23);1H. The summed E-state index contributed by atoms with van der Waals surface area (Å²) in [5.74, 6) is 0.720. The minimum atomic E-state index is -3.70. The summed E-state index contributed by atoms with van der Waals surface area (Å²) in [5.41, 5.74) is 1.98. The van der Waals surface area contributed by atoms with E-state index in [0.29, 0.717) is 13.1 Å².